The molecule has 0 aromatic heterocycles. The Morgan fingerprint density at radius 1 is 1.41 bits per heavy atom. The summed E-state index contributed by atoms with van der Waals surface area (Å²) in [4.78, 5) is 0. The standard InChI is InChI=1S/C17H26FNO2S/c1-6-21-17(9-10-17)13-7-8-14(15(18)11-13)12(2)19-22(20)16(3,4)5/h7-8,11-12,19H,6,9-10H2,1-5H3. The second-order valence-electron chi connectivity index (χ2n) is 6.88. The number of halogens is 1. The van der Waals surface area contributed by atoms with Crippen LogP contribution in [-0.4, -0.2) is 15.6 Å². The molecule has 1 fully saturated rings. The zero-order chi connectivity index (χ0) is 16.5. The highest BCUT2D eigenvalue weighted by molar-refractivity contribution is 7.84. The molecule has 0 saturated heterocycles. The van der Waals surface area contributed by atoms with Gasteiger partial charge in [-0.3, -0.25) is 0 Å². The van der Waals surface area contributed by atoms with Crippen LogP contribution < -0.4 is 4.72 Å². The number of rotatable bonds is 6. The fourth-order valence-electron chi connectivity index (χ4n) is 2.47. The highest BCUT2D eigenvalue weighted by Gasteiger charge is 2.45. The molecule has 2 unspecified atom stereocenters. The quantitative estimate of drug-likeness (QED) is 0.859. The lowest BCUT2D eigenvalue weighted by Crippen LogP contribution is -2.35. The molecule has 0 aliphatic heterocycles. The number of benzene rings is 1. The van der Waals surface area contributed by atoms with E-state index in [2.05, 4.69) is 4.72 Å². The largest absolute Gasteiger partial charge is 0.371 e. The molecule has 0 radical (unpaired) electrons. The molecule has 0 bridgehead atoms. The molecule has 2 atom stereocenters. The summed E-state index contributed by atoms with van der Waals surface area (Å²) in [6, 6.07) is 4.97. The van der Waals surface area contributed by atoms with Crippen molar-refractivity contribution in [2.45, 2.75) is 63.9 Å². The van der Waals surface area contributed by atoms with Crippen LogP contribution in [0.2, 0.25) is 0 Å². The van der Waals surface area contributed by atoms with Crippen LogP contribution in [0.15, 0.2) is 18.2 Å². The summed E-state index contributed by atoms with van der Waals surface area (Å²) in [6.07, 6.45) is 1.89. The Bertz CT molecular complexity index is 564. The zero-order valence-electron chi connectivity index (χ0n) is 14.0. The van der Waals surface area contributed by atoms with Crippen LogP contribution >= 0.6 is 0 Å². The van der Waals surface area contributed by atoms with Gasteiger partial charge in [0.2, 0.25) is 0 Å². The molecule has 1 aliphatic rings. The summed E-state index contributed by atoms with van der Waals surface area (Å²) in [6.45, 7) is 10.1. The van der Waals surface area contributed by atoms with Gasteiger partial charge in [-0.25, -0.2) is 13.3 Å². The summed E-state index contributed by atoms with van der Waals surface area (Å²) in [7, 11) is -1.23. The highest BCUT2D eigenvalue weighted by Crippen LogP contribution is 2.49. The van der Waals surface area contributed by atoms with Gasteiger partial charge in [0.15, 0.2) is 0 Å². The van der Waals surface area contributed by atoms with E-state index in [-0.39, 0.29) is 22.2 Å². The van der Waals surface area contributed by atoms with E-state index in [0.29, 0.717) is 12.2 Å². The molecule has 3 nitrogen and oxygen atoms in total. The summed E-state index contributed by atoms with van der Waals surface area (Å²) in [5.41, 5.74) is 1.16. The van der Waals surface area contributed by atoms with Crippen molar-refractivity contribution < 1.29 is 13.3 Å². The van der Waals surface area contributed by atoms with Gasteiger partial charge in [-0.1, -0.05) is 12.1 Å². The van der Waals surface area contributed by atoms with Gasteiger partial charge >= 0.3 is 0 Å². The molecule has 0 spiro atoms. The monoisotopic (exact) mass is 327 g/mol. The molecule has 1 saturated carbocycles. The molecule has 0 amide bonds. The summed E-state index contributed by atoms with van der Waals surface area (Å²) >= 11 is 0. The van der Waals surface area contributed by atoms with Crippen molar-refractivity contribution >= 4 is 11.0 Å². The van der Waals surface area contributed by atoms with Crippen LogP contribution in [-0.2, 0) is 21.3 Å². The lowest BCUT2D eigenvalue weighted by molar-refractivity contribution is 0.0393. The molecular weight excluding hydrogens is 301 g/mol. The van der Waals surface area contributed by atoms with Crippen LogP contribution in [0.5, 0.6) is 0 Å². The van der Waals surface area contributed by atoms with Crippen molar-refractivity contribution in [3.8, 4) is 0 Å². The zero-order valence-corrected chi connectivity index (χ0v) is 14.8. The van der Waals surface area contributed by atoms with Gasteiger partial charge in [-0.05, 0) is 59.1 Å². The molecule has 124 valence electrons. The highest BCUT2D eigenvalue weighted by atomic mass is 32.2. The molecule has 2 rings (SSSR count). The summed E-state index contributed by atoms with van der Waals surface area (Å²) in [5, 5.41) is 0. The van der Waals surface area contributed by atoms with Gasteiger partial charge in [0, 0.05) is 18.2 Å². The maximum atomic E-state index is 14.5. The minimum absolute atomic E-state index is 0.269. The minimum Gasteiger partial charge on any atom is -0.371 e. The Morgan fingerprint density at radius 2 is 2.05 bits per heavy atom. The molecule has 5 heteroatoms. The molecule has 1 N–H and O–H groups in total. The number of hydrogen-bond donors (Lipinski definition) is 1. The van der Waals surface area contributed by atoms with Crippen LogP contribution in [0.1, 0.15) is 64.6 Å². The normalized spacial score (nSPS) is 19.7. The Hall–Kier alpha value is -0.780. The third-order valence-corrected chi connectivity index (χ3v) is 5.64. The summed E-state index contributed by atoms with van der Waals surface area (Å²) < 4.78 is 34.9. The van der Waals surface area contributed by atoms with Crippen molar-refractivity contribution in [3.05, 3.63) is 35.1 Å². The lowest BCUT2D eigenvalue weighted by atomic mass is 10.0. The smallest absolute Gasteiger partial charge is 0.128 e. The molecule has 1 aromatic rings. The van der Waals surface area contributed by atoms with Crippen LogP contribution in [0.4, 0.5) is 4.39 Å². The molecule has 1 aromatic carbocycles. The van der Waals surface area contributed by atoms with E-state index in [1.807, 2.05) is 40.7 Å². The molecular formula is C17H26FNO2S. The van der Waals surface area contributed by atoms with Crippen LogP contribution in [0, 0.1) is 5.82 Å². The van der Waals surface area contributed by atoms with Gasteiger partial charge in [0.25, 0.3) is 0 Å². The SMILES string of the molecule is CCOC1(c2ccc(C(C)NS(=O)C(C)(C)C)c(F)c2)CC1. The Morgan fingerprint density at radius 3 is 2.50 bits per heavy atom. The molecule has 22 heavy (non-hydrogen) atoms. The first kappa shape index (κ1) is 17.6. The van der Waals surface area contributed by atoms with E-state index in [1.165, 1.54) is 0 Å². The summed E-state index contributed by atoms with van der Waals surface area (Å²) in [5.74, 6) is -0.269. The first-order valence-electron chi connectivity index (χ1n) is 7.81. The maximum absolute atomic E-state index is 14.5. The van der Waals surface area contributed by atoms with E-state index in [0.717, 1.165) is 18.4 Å². The Balaban J connectivity index is 2.15. The van der Waals surface area contributed by atoms with Crippen LogP contribution in [0.3, 0.4) is 0 Å². The fraction of sp³-hybridized carbons (Fsp3) is 0.647. The molecule has 0 heterocycles. The van der Waals surface area contributed by atoms with E-state index in [9.17, 15) is 8.60 Å². The van der Waals surface area contributed by atoms with Crippen molar-refractivity contribution in [1.29, 1.82) is 0 Å². The average Bonchev–Trinajstić information content (AvgIpc) is 3.18. The van der Waals surface area contributed by atoms with E-state index in [1.54, 1.807) is 12.1 Å². The number of nitrogens with one attached hydrogen (secondary N) is 1. The number of ether oxygens (including phenoxy) is 1. The van der Waals surface area contributed by atoms with Crippen molar-refractivity contribution in [1.82, 2.24) is 4.72 Å². The van der Waals surface area contributed by atoms with Crippen LogP contribution in [0.25, 0.3) is 0 Å². The molecule has 1 aliphatic carbocycles. The fourth-order valence-corrected chi connectivity index (χ4v) is 3.27. The second kappa shape index (κ2) is 6.38. The average molecular weight is 327 g/mol. The first-order chi connectivity index (χ1) is 10.2. The third kappa shape index (κ3) is 3.76. The van der Waals surface area contributed by atoms with Gasteiger partial charge in [0.1, 0.15) is 5.82 Å². The van der Waals surface area contributed by atoms with Gasteiger partial charge in [0.05, 0.1) is 21.3 Å². The topological polar surface area (TPSA) is 38.3 Å². The Kier molecular flexibility index (Phi) is 5.09. The first-order valence-corrected chi connectivity index (χ1v) is 8.96. The minimum atomic E-state index is -1.23. The lowest BCUT2D eigenvalue weighted by Gasteiger charge is -2.23. The predicted octanol–water partition coefficient (Wildman–Crippen LogP) is 3.96. The maximum Gasteiger partial charge on any atom is 0.128 e. The third-order valence-electron chi connectivity index (χ3n) is 3.96. The van der Waals surface area contributed by atoms with E-state index >= 15 is 0 Å². The van der Waals surface area contributed by atoms with E-state index < -0.39 is 11.0 Å². The second-order valence-corrected chi connectivity index (χ2v) is 8.88. The van der Waals surface area contributed by atoms with E-state index in [4.69, 9.17) is 4.74 Å². The predicted molar refractivity (Wildman–Crippen MR) is 88.4 cm³/mol. The van der Waals surface area contributed by atoms with Gasteiger partial charge < -0.3 is 4.74 Å². The van der Waals surface area contributed by atoms with Gasteiger partial charge in [-0.15, -0.1) is 0 Å². The van der Waals surface area contributed by atoms with Crippen molar-refractivity contribution in [2.75, 3.05) is 6.61 Å². The van der Waals surface area contributed by atoms with Gasteiger partial charge in [-0.2, -0.15) is 0 Å². The number of hydrogen-bond acceptors (Lipinski definition) is 2. The Labute approximate surface area is 135 Å². The van der Waals surface area contributed by atoms with Crippen molar-refractivity contribution in [3.63, 3.8) is 0 Å². The van der Waals surface area contributed by atoms with Crippen molar-refractivity contribution in [2.24, 2.45) is 0 Å².